The highest BCUT2D eigenvalue weighted by Gasteiger charge is 2.16. The minimum absolute atomic E-state index is 0.183. The van der Waals surface area contributed by atoms with Crippen molar-refractivity contribution in [3.63, 3.8) is 0 Å². The van der Waals surface area contributed by atoms with Gasteiger partial charge in [-0.2, -0.15) is 0 Å². The Balaban J connectivity index is 2.12. The van der Waals surface area contributed by atoms with Crippen molar-refractivity contribution in [1.82, 2.24) is 9.71 Å². The van der Waals surface area contributed by atoms with Crippen molar-refractivity contribution in [1.29, 1.82) is 0 Å². The minimum Gasteiger partial charge on any atom is -0.326 e. The lowest BCUT2D eigenvalue weighted by Gasteiger charge is -2.06. The molecule has 2 aromatic heterocycles. The Morgan fingerprint density at radius 2 is 2.26 bits per heavy atom. The maximum atomic E-state index is 12.1. The number of hydrogen-bond donors (Lipinski definition) is 2. The number of hydrogen-bond acceptors (Lipinski definition) is 5. The number of nitrogens with two attached hydrogens (primary N) is 1. The molecule has 0 fully saturated rings. The number of rotatable bonds is 5. The standard InChI is InChI=1S/C12H15N3O2S2/c1-9-3-2-4-14-12(9)7-15-19(16,17)11-5-10(6-13)18-8-11/h2-5,8,15H,6-7,13H2,1H3. The molecule has 19 heavy (non-hydrogen) atoms. The van der Waals surface area contributed by atoms with Crippen molar-refractivity contribution < 1.29 is 8.42 Å². The Morgan fingerprint density at radius 1 is 1.47 bits per heavy atom. The van der Waals surface area contributed by atoms with Crippen LogP contribution in [0.3, 0.4) is 0 Å². The van der Waals surface area contributed by atoms with Gasteiger partial charge in [-0.25, -0.2) is 13.1 Å². The molecule has 0 atom stereocenters. The highest BCUT2D eigenvalue weighted by atomic mass is 32.2. The third kappa shape index (κ3) is 3.38. The number of sulfonamides is 1. The molecule has 0 spiro atoms. The minimum atomic E-state index is -3.50. The molecule has 0 aliphatic rings. The lowest BCUT2D eigenvalue weighted by molar-refractivity contribution is 0.580. The predicted octanol–water partition coefficient (Wildman–Crippen LogP) is 1.39. The summed E-state index contributed by atoms with van der Waals surface area (Å²) in [6, 6.07) is 5.31. The Morgan fingerprint density at radius 3 is 2.89 bits per heavy atom. The van der Waals surface area contributed by atoms with Gasteiger partial charge in [0.15, 0.2) is 0 Å². The first kappa shape index (κ1) is 14.1. The molecule has 0 saturated heterocycles. The van der Waals surface area contributed by atoms with Crippen LogP contribution >= 0.6 is 11.3 Å². The van der Waals surface area contributed by atoms with E-state index < -0.39 is 10.0 Å². The van der Waals surface area contributed by atoms with Crippen molar-refractivity contribution in [2.45, 2.75) is 24.9 Å². The number of aromatic nitrogens is 1. The summed E-state index contributed by atoms with van der Waals surface area (Å²) < 4.78 is 26.7. The smallest absolute Gasteiger partial charge is 0.241 e. The third-order valence-electron chi connectivity index (χ3n) is 2.69. The predicted molar refractivity (Wildman–Crippen MR) is 75.2 cm³/mol. The molecule has 0 amide bonds. The topological polar surface area (TPSA) is 85.1 Å². The van der Waals surface area contributed by atoms with Crippen LogP contribution in [0, 0.1) is 6.92 Å². The highest BCUT2D eigenvalue weighted by molar-refractivity contribution is 7.89. The van der Waals surface area contributed by atoms with Crippen molar-refractivity contribution in [2.75, 3.05) is 0 Å². The van der Waals surface area contributed by atoms with Crippen LogP contribution < -0.4 is 10.5 Å². The van der Waals surface area contributed by atoms with Crippen LogP contribution in [-0.4, -0.2) is 13.4 Å². The first-order valence-corrected chi connectivity index (χ1v) is 8.07. The summed E-state index contributed by atoms with van der Waals surface area (Å²) in [6.45, 7) is 2.43. The molecule has 3 N–H and O–H groups in total. The maximum absolute atomic E-state index is 12.1. The van der Waals surface area contributed by atoms with Gasteiger partial charge >= 0.3 is 0 Å². The van der Waals surface area contributed by atoms with Crippen LogP contribution in [0.1, 0.15) is 16.1 Å². The Labute approximate surface area is 116 Å². The third-order valence-corrected chi connectivity index (χ3v) is 5.18. The van der Waals surface area contributed by atoms with Crippen LogP contribution in [0.15, 0.2) is 34.7 Å². The van der Waals surface area contributed by atoms with Gasteiger partial charge in [-0.3, -0.25) is 4.98 Å². The van der Waals surface area contributed by atoms with E-state index in [9.17, 15) is 8.42 Å². The second kappa shape index (κ2) is 5.79. The van der Waals surface area contributed by atoms with E-state index in [0.29, 0.717) is 6.54 Å². The van der Waals surface area contributed by atoms with Crippen molar-refractivity contribution >= 4 is 21.4 Å². The van der Waals surface area contributed by atoms with Crippen LogP contribution in [0.4, 0.5) is 0 Å². The molecule has 5 nitrogen and oxygen atoms in total. The fourth-order valence-corrected chi connectivity index (χ4v) is 3.70. The monoisotopic (exact) mass is 297 g/mol. The van der Waals surface area contributed by atoms with Crippen LogP contribution in [-0.2, 0) is 23.1 Å². The van der Waals surface area contributed by atoms with E-state index >= 15 is 0 Å². The van der Waals surface area contributed by atoms with Gasteiger partial charge in [0.2, 0.25) is 10.0 Å². The number of thiophene rings is 1. The molecule has 2 aromatic rings. The zero-order valence-corrected chi connectivity index (χ0v) is 12.1. The van der Waals surface area contributed by atoms with E-state index in [1.807, 2.05) is 19.1 Å². The molecule has 0 aliphatic carbocycles. The molecule has 2 rings (SSSR count). The molecule has 0 saturated carbocycles. The van der Waals surface area contributed by atoms with Gasteiger partial charge < -0.3 is 5.73 Å². The van der Waals surface area contributed by atoms with E-state index in [2.05, 4.69) is 9.71 Å². The van der Waals surface area contributed by atoms with Crippen LogP contribution in [0.2, 0.25) is 0 Å². The van der Waals surface area contributed by atoms with E-state index in [1.165, 1.54) is 11.3 Å². The summed E-state index contributed by atoms with van der Waals surface area (Å²) in [5.41, 5.74) is 7.16. The number of aryl methyl sites for hydroxylation is 1. The number of nitrogens with zero attached hydrogens (tertiary/aromatic N) is 1. The zero-order chi connectivity index (χ0) is 13.9. The molecule has 7 heteroatoms. The van der Waals surface area contributed by atoms with Crippen molar-refractivity contribution in [3.8, 4) is 0 Å². The Bertz CT molecular complexity index is 665. The lowest BCUT2D eigenvalue weighted by atomic mass is 10.2. The second-order valence-electron chi connectivity index (χ2n) is 4.04. The van der Waals surface area contributed by atoms with E-state index in [-0.39, 0.29) is 11.4 Å². The summed E-state index contributed by atoms with van der Waals surface area (Å²) >= 11 is 1.34. The van der Waals surface area contributed by atoms with E-state index in [1.54, 1.807) is 17.6 Å². The molecule has 0 radical (unpaired) electrons. The first-order chi connectivity index (χ1) is 9.03. The van der Waals surface area contributed by atoms with Crippen LogP contribution in [0.5, 0.6) is 0 Å². The van der Waals surface area contributed by atoms with Gasteiger partial charge in [-0.05, 0) is 24.6 Å². The zero-order valence-electron chi connectivity index (χ0n) is 10.5. The molecule has 2 heterocycles. The Kier molecular flexibility index (Phi) is 4.31. The summed E-state index contributed by atoms with van der Waals surface area (Å²) in [5.74, 6) is 0. The SMILES string of the molecule is Cc1cccnc1CNS(=O)(=O)c1csc(CN)c1. The van der Waals surface area contributed by atoms with Crippen molar-refractivity contribution in [3.05, 3.63) is 45.9 Å². The number of nitrogens with one attached hydrogen (secondary N) is 1. The van der Waals surface area contributed by atoms with Gasteiger partial charge in [-0.15, -0.1) is 11.3 Å². The van der Waals surface area contributed by atoms with E-state index in [4.69, 9.17) is 5.73 Å². The highest BCUT2D eigenvalue weighted by Crippen LogP contribution is 2.18. The Hall–Kier alpha value is -1.28. The summed E-state index contributed by atoms with van der Waals surface area (Å²) in [6.07, 6.45) is 1.65. The molecular formula is C12H15N3O2S2. The van der Waals surface area contributed by atoms with Gasteiger partial charge in [0.1, 0.15) is 0 Å². The molecule has 0 unspecified atom stereocenters. The quantitative estimate of drug-likeness (QED) is 0.873. The molecule has 102 valence electrons. The van der Waals surface area contributed by atoms with Crippen LogP contribution in [0.25, 0.3) is 0 Å². The second-order valence-corrected chi connectivity index (χ2v) is 6.81. The largest absolute Gasteiger partial charge is 0.326 e. The summed E-state index contributed by atoms with van der Waals surface area (Å²) in [7, 11) is -3.50. The average Bonchev–Trinajstić information content (AvgIpc) is 2.87. The van der Waals surface area contributed by atoms with Gasteiger partial charge in [0.05, 0.1) is 17.1 Å². The fraction of sp³-hybridized carbons (Fsp3) is 0.250. The molecule has 0 bridgehead atoms. The van der Waals surface area contributed by atoms with Crippen molar-refractivity contribution in [2.24, 2.45) is 5.73 Å². The number of pyridine rings is 1. The molecular weight excluding hydrogens is 282 g/mol. The normalized spacial score (nSPS) is 11.7. The lowest BCUT2D eigenvalue weighted by Crippen LogP contribution is -2.23. The average molecular weight is 297 g/mol. The summed E-state index contributed by atoms with van der Waals surface area (Å²) in [4.78, 5) is 5.25. The molecule has 0 aliphatic heterocycles. The van der Waals surface area contributed by atoms with Gasteiger partial charge in [-0.1, -0.05) is 6.07 Å². The molecule has 0 aromatic carbocycles. The van der Waals surface area contributed by atoms with Gasteiger partial charge in [0.25, 0.3) is 0 Å². The maximum Gasteiger partial charge on any atom is 0.241 e. The van der Waals surface area contributed by atoms with Gasteiger partial charge in [0, 0.05) is 23.0 Å². The first-order valence-electron chi connectivity index (χ1n) is 5.70. The summed E-state index contributed by atoms with van der Waals surface area (Å²) in [5, 5.41) is 1.59. The van der Waals surface area contributed by atoms with E-state index in [0.717, 1.165) is 16.1 Å². The fourth-order valence-electron chi connectivity index (χ4n) is 1.56.